The van der Waals surface area contributed by atoms with Crippen LogP contribution in [0, 0.1) is 0 Å². The lowest BCUT2D eigenvalue weighted by atomic mass is 9.85. The standard InChI is InChI=1S/C24H21F6N3O4/c25-23(26,27)16-4-2-1-3-14(16)11-33-17-13-36-22(19(17)20(34)31-21(33)35)7-9-32(10-8-22)12-15-5-6-18(37-15)24(28,29)30/h1-6H,7-13H2,(H,31,34,35). The fraction of sp³-hybridized carbons (Fsp3) is 0.417. The second-order valence-electron chi connectivity index (χ2n) is 9.14. The van der Waals surface area contributed by atoms with Gasteiger partial charge in [-0.05, 0) is 36.6 Å². The lowest BCUT2D eigenvalue weighted by molar-refractivity contribution is -0.153. The zero-order valence-corrected chi connectivity index (χ0v) is 19.2. The van der Waals surface area contributed by atoms with Crippen molar-refractivity contribution in [2.75, 3.05) is 13.1 Å². The summed E-state index contributed by atoms with van der Waals surface area (Å²) in [7, 11) is 0. The monoisotopic (exact) mass is 529 g/mol. The van der Waals surface area contributed by atoms with Crippen LogP contribution in [-0.4, -0.2) is 27.5 Å². The number of rotatable bonds is 4. The second-order valence-corrected chi connectivity index (χ2v) is 9.14. The van der Waals surface area contributed by atoms with Crippen molar-refractivity contribution in [3.63, 3.8) is 0 Å². The van der Waals surface area contributed by atoms with Crippen LogP contribution in [0.5, 0.6) is 0 Å². The van der Waals surface area contributed by atoms with Gasteiger partial charge in [0.2, 0.25) is 5.76 Å². The smallest absolute Gasteiger partial charge is 0.449 e. The van der Waals surface area contributed by atoms with E-state index in [9.17, 15) is 35.9 Å². The number of benzene rings is 1. The summed E-state index contributed by atoms with van der Waals surface area (Å²) in [5, 5.41) is 0. The van der Waals surface area contributed by atoms with Gasteiger partial charge < -0.3 is 9.15 Å². The van der Waals surface area contributed by atoms with Crippen molar-refractivity contribution in [2.24, 2.45) is 0 Å². The fourth-order valence-corrected chi connectivity index (χ4v) is 5.09. The van der Waals surface area contributed by atoms with Crippen molar-refractivity contribution in [2.45, 2.75) is 50.5 Å². The molecule has 5 rings (SSSR count). The zero-order chi connectivity index (χ0) is 26.6. The topological polar surface area (TPSA) is 80.5 Å². The molecule has 198 valence electrons. The number of aromatic nitrogens is 2. The van der Waals surface area contributed by atoms with Gasteiger partial charge in [-0.15, -0.1) is 0 Å². The van der Waals surface area contributed by atoms with Crippen LogP contribution < -0.4 is 11.2 Å². The van der Waals surface area contributed by atoms with Gasteiger partial charge in [0, 0.05) is 13.1 Å². The Morgan fingerprint density at radius 1 is 0.919 bits per heavy atom. The van der Waals surface area contributed by atoms with Crippen LogP contribution >= 0.6 is 0 Å². The molecular formula is C24H21F6N3O4. The molecule has 2 aliphatic heterocycles. The molecule has 4 heterocycles. The molecule has 2 aliphatic rings. The molecule has 1 N–H and O–H groups in total. The first-order valence-corrected chi connectivity index (χ1v) is 11.4. The van der Waals surface area contributed by atoms with Crippen molar-refractivity contribution in [1.82, 2.24) is 14.5 Å². The summed E-state index contributed by atoms with van der Waals surface area (Å²) in [6, 6.07) is 7.02. The molecule has 0 saturated carbocycles. The van der Waals surface area contributed by atoms with Crippen LogP contribution in [0.3, 0.4) is 0 Å². The maximum Gasteiger partial charge on any atom is 0.449 e. The predicted molar refractivity (Wildman–Crippen MR) is 117 cm³/mol. The normalized spacial score (nSPS) is 17.9. The lowest BCUT2D eigenvalue weighted by Crippen LogP contribution is -2.45. The molecule has 0 amide bonds. The molecule has 3 aromatic rings. The van der Waals surface area contributed by atoms with Gasteiger partial charge in [0.25, 0.3) is 5.56 Å². The summed E-state index contributed by atoms with van der Waals surface area (Å²) in [6.07, 6.45) is -8.60. The molecule has 13 heteroatoms. The van der Waals surface area contributed by atoms with Gasteiger partial charge in [-0.3, -0.25) is 19.2 Å². The minimum absolute atomic E-state index is 0.126. The number of alkyl halides is 6. The Morgan fingerprint density at radius 3 is 2.27 bits per heavy atom. The van der Waals surface area contributed by atoms with Gasteiger partial charge in [0.1, 0.15) is 11.4 Å². The van der Waals surface area contributed by atoms with Crippen molar-refractivity contribution in [1.29, 1.82) is 0 Å². The zero-order valence-electron chi connectivity index (χ0n) is 19.2. The van der Waals surface area contributed by atoms with Gasteiger partial charge in [0.05, 0.1) is 36.5 Å². The number of hydrogen-bond donors (Lipinski definition) is 1. The number of fused-ring (bicyclic) bond motifs is 2. The minimum atomic E-state index is -4.62. The van der Waals surface area contributed by atoms with Crippen LogP contribution in [0.1, 0.15) is 46.7 Å². The maximum absolute atomic E-state index is 13.5. The minimum Gasteiger partial charge on any atom is -0.455 e. The van der Waals surface area contributed by atoms with Crippen LogP contribution in [0.4, 0.5) is 26.3 Å². The number of nitrogens with one attached hydrogen (secondary N) is 1. The molecule has 0 atom stereocenters. The number of piperidine rings is 1. The Bertz CT molecular complexity index is 1430. The largest absolute Gasteiger partial charge is 0.455 e. The summed E-state index contributed by atoms with van der Waals surface area (Å²) in [6.45, 7) is 0.312. The number of hydrogen-bond acceptors (Lipinski definition) is 5. The molecule has 1 saturated heterocycles. The van der Waals surface area contributed by atoms with Gasteiger partial charge in [-0.1, -0.05) is 18.2 Å². The van der Waals surface area contributed by atoms with Crippen LogP contribution in [0.25, 0.3) is 0 Å². The first kappa shape index (κ1) is 25.3. The first-order valence-electron chi connectivity index (χ1n) is 11.4. The summed E-state index contributed by atoms with van der Waals surface area (Å²) >= 11 is 0. The van der Waals surface area contributed by atoms with E-state index in [0.29, 0.717) is 25.9 Å². The Labute approximate surface area is 205 Å². The van der Waals surface area contributed by atoms with E-state index in [4.69, 9.17) is 9.15 Å². The Balaban J connectivity index is 1.39. The third-order valence-electron chi connectivity index (χ3n) is 6.88. The molecule has 1 spiro atoms. The quantitative estimate of drug-likeness (QED) is 0.512. The van der Waals surface area contributed by atoms with Crippen LogP contribution in [-0.2, 0) is 42.4 Å². The Hall–Kier alpha value is -3.32. The highest BCUT2D eigenvalue weighted by Gasteiger charge is 2.46. The number of halogens is 6. The van der Waals surface area contributed by atoms with E-state index in [2.05, 4.69) is 4.98 Å². The summed E-state index contributed by atoms with van der Waals surface area (Å²) in [5.74, 6) is -0.938. The third kappa shape index (κ3) is 4.73. The van der Waals surface area contributed by atoms with Gasteiger partial charge in [0.15, 0.2) is 0 Å². The fourth-order valence-electron chi connectivity index (χ4n) is 5.09. The van der Waals surface area contributed by atoms with Crippen molar-refractivity contribution in [3.8, 4) is 0 Å². The predicted octanol–water partition coefficient (Wildman–Crippen LogP) is 4.24. The number of H-pyrrole nitrogens is 1. The highest BCUT2D eigenvalue weighted by Crippen LogP contribution is 2.42. The van der Waals surface area contributed by atoms with Crippen molar-refractivity contribution >= 4 is 0 Å². The first-order chi connectivity index (χ1) is 17.4. The van der Waals surface area contributed by atoms with E-state index in [0.717, 1.165) is 16.7 Å². The number of likely N-dealkylation sites (tertiary alicyclic amines) is 1. The van der Waals surface area contributed by atoms with E-state index in [1.165, 1.54) is 24.3 Å². The molecule has 1 fully saturated rings. The third-order valence-corrected chi connectivity index (χ3v) is 6.88. The molecule has 0 unspecified atom stereocenters. The van der Waals surface area contributed by atoms with E-state index < -0.39 is 47.1 Å². The van der Waals surface area contributed by atoms with Gasteiger partial charge in [-0.2, -0.15) is 26.3 Å². The molecule has 0 aliphatic carbocycles. The molecule has 37 heavy (non-hydrogen) atoms. The molecule has 1 aromatic carbocycles. The number of ether oxygens (including phenoxy) is 1. The van der Waals surface area contributed by atoms with E-state index in [1.807, 2.05) is 4.90 Å². The lowest BCUT2D eigenvalue weighted by Gasteiger charge is -2.38. The molecule has 0 bridgehead atoms. The SMILES string of the molecule is O=c1[nH]c(=O)n(Cc2ccccc2C(F)(F)F)c2c1C1(CCN(Cc3ccc(C(F)(F)F)o3)CC1)OC2. The molecule has 7 nitrogen and oxygen atoms in total. The van der Waals surface area contributed by atoms with Crippen molar-refractivity contribution in [3.05, 3.63) is 91.1 Å². The highest BCUT2D eigenvalue weighted by molar-refractivity contribution is 5.33. The Morgan fingerprint density at radius 2 is 1.62 bits per heavy atom. The van der Waals surface area contributed by atoms with Crippen LogP contribution in [0.15, 0.2) is 50.4 Å². The van der Waals surface area contributed by atoms with E-state index >= 15 is 0 Å². The maximum atomic E-state index is 13.5. The molecule has 2 aromatic heterocycles. The number of aromatic amines is 1. The highest BCUT2D eigenvalue weighted by atomic mass is 19.4. The van der Waals surface area contributed by atoms with Crippen molar-refractivity contribution < 1.29 is 35.5 Å². The molecule has 0 radical (unpaired) electrons. The number of furan rings is 1. The summed E-state index contributed by atoms with van der Waals surface area (Å²) in [4.78, 5) is 29.5. The molecular weight excluding hydrogens is 508 g/mol. The van der Waals surface area contributed by atoms with Gasteiger partial charge >= 0.3 is 18.0 Å². The van der Waals surface area contributed by atoms with Gasteiger partial charge in [-0.25, -0.2) is 4.79 Å². The average molecular weight is 529 g/mol. The summed E-state index contributed by atoms with van der Waals surface area (Å²) < 4.78 is 90.9. The van der Waals surface area contributed by atoms with Crippen LogP contribution in [0.2, 0.25) is 0 Å². The second kappa shape index (κ2) is 8.91. The number of nitrogens with zero attached hydrogens (tertiary/aromatic N) is 2. The van der Waals surface area contributed by atoms with E-state index in [-0.39, 0.29) is 35.7 Å². The summed E-state index contributed by atoms with van der Waals surface area (Å²) in [5.41, 5.74) is -3.13. The average Bonchev–Trinajstić information content (AvgIpc) is 3.43. The Kier molecular flexibility index (Phi) is 6.10. The van der Waals surface area contributed by atoms with E-state index in [1.54, 1.807) is 0 Å².